The maximum Gasteiger partial charge on any atom is 0.189 e. The molecule has 3 N–H and O–H groups in total. The van der Waals surface area contributed by atoms with Crippen LogP contribution in [-0.2, 0) is 13.6 Å². The highest BCUT2D eigenvalue weighted by Crippen LogP contribution is 2.31. The molecule has 1 aromatic heterocycles. The standard InChI is InChI=1S/C15H19N5O/c1-20-8-7-17-14(20)10-18-15(16)19-12-6-9-21-13-5-3-2-4-11(12)13/h2-5,7-8,12H,6,9-10H2,1H3,(H3,16,18,19). The van der Waals surface area contributed by atoms with Gasteiger partial charge in [0.25, 0.3) is 0 Å². The molecule has 6 heteroatoms. The Morgan fingerprint density at radius 2 is 2.38 bits per heavy atom. The fraction of sp³-hybridized carbons (Fsp3) is 0.333. The van der Waals surface area contributed by atoms with Crippen LogP contribution in [0.3, 0.4) is 0 Å². The van der Waals surface area contributed by atoms with Crippen LogP contribution in [-0.4, -0.2) is 22.1 Å². The highest BCUT2D eigenvalue weighted by molar-refractivity contribution is 5.78. The number of imidazole rings is 1. The molecule has 3 rings (SSSR count). The summed E-state index contributed by atoms with van der Waals surface area (Å²) in [6, 6.07) is 8.14. The first-order valence-electron chi connectivity index (χ1n) is 6.98. The topological polar surface area (TPSA) is 77.5 Å². The zero-order chi connectivity index (χ0) is 14.7. The van der Waals surface area contributed by atoms with E-state index < -0.39 is 0 Å². The molecular weight excluding hydrogens is 266 g/mol. The predicted octanol–water partition coefficient (Wildman–Crippen LogP) is 1.35. The molecule has 6 nitrogen and oxygen atoms in total. The Morgan fingerprint density at radius 3 is 3.19 bits per heavy atom. The molecular formula is C15H19N5O. The largest absolute Gasteiger partial charge is 0.493 e. The van der Waals surface area contributed by atoms with Crippen molar-refractivity contribution in [3.05, 3.63) is 48.0 Å². The van der Waals surface area contributed by atoms with Crippen molar-refractivity contribution < 1.29 is 4.74 Å². The number of benzene rings is 1. The molecule has 0 fully saturated rings. The summed E-state index contributed by atoms with van der Waals surface area (Å²) < 4.78 is 7.57. The molecule has 0 aliphatic carbocycles. The molecule has 110 valence electrons. The van der Waals surface area contributed by atoms with Crippen molar-refractivity contribution in [2.24, 2.45) is 17.8 Å². The maximum atomic E-state index is 5.99. The number of hydrogen-bond acceptors (Lipinski definition) is 3. The normalized spacial score (nSPS) is 18.0. The molecule has 1 atom stereocenters. The van der Waals surface area contributed by atoms with Gasteiger partial charge in [-0.1, -0.05) is 18.2 Å². The van der Waals surface area contributed by atoms with E-state index in [1.165, 1.54) is 0 Å². The molecule has 0 spiro atoms. The molecule has 0 saturated heterocycles. The van der Waals surface area contributed by atoms with Gasteiger partial charge in [-0.2, -0.15) is 0 Å². The van der Waals surface area contributed by atoms with Crippen LogP contribution >= 0.6 is 0 Å². The van der Waals surface area contributed by atoms with Gasteiger partial charge in [-0.3, -0.25) is 0 Å². The Labute approximate surface area is 123 Å². The van der Waals surface area contributed by atoms with Gasteiger partial charge in [0.15, 0.2) is 5.96 Å². The van der Waals surface area contributed by atoms with Gasteiger partial charge in [0.1, 0.15) is 18.1 Å². The van der Waals surface area contributed by atoms with E-state index in [4.69, 9.17) is 10.5 Å². The number of hydrogen-bond donors (Lipinski definition) is 2. The zero-order valence-electron chi connectivity index (χ0n) is 12.0. The Kier molecular flexibility index (Phi) is 3.77. The smallest absolute Gasteiger partial charge is 0.189 e. The molecule has 1 unspecified atom stereocenters. The number of para-hydroxylation sites is 1. The molecule has 1 aromatic carbocycles. The van der Waals surface area contributed by atoms with E-state index >= 15 is 0 Å². The van der Waals surface area contributed by atoms with Gasteiger partial charge in [-0.25, -0.2) is 9.98 Å². The van der Waals surface area contributed by atoms with Crippen LogP contribution in [0, 0.1) is 0 Å². The number of nitrogens with zero attached hydrogens (tertiary/aromatic N) is 3. The second-order valence-electron chi connectivity index (χ2n) is 5.03. The summed E-state index contributed by atoms with van der Waals surface area (Å²) in [6.07, 6.45) is 4.52. The molecule has 2 heterocycles. The minimum absolute atomic E-state index is 0.139. The fourth-order valence-electron chi connectivity index (χ4n) is 2.42. The lowest BCUT2D eigenvalue weighted by Crippen LogP contribution is -2.37. The van der Waals surface area contributed by atoms with E-state index in [1.807, 2.05) is 36.0 Å². The number of aryl methyl sites for hydroxylation is 1. The summed E-state index contributed by atoms with van der Waals surface area (Å²) >= 11 is 0. The predicted molar refractivity (Wildman–Crippen MR) is 81.0 cm³/mol. The van der Waals surface area contributed by atoms with Crippen LogP contribution in [0.4, 0.5) is 0 Å². The van der Waals surface area contributed by atoms with E-state index in [0.717, 1.165) is 23.6 Å². The minimum Gasteiger partial charge on any atom is -0.493 e. The highest BCUT2D eigenvalue weighted by Gasteiger charge is 2.21. The van der Waals surface area contributed by atoms with E-state index in [2.05, 4.69) is 21.4 Å². The summed E-state index contributed by atoms with van der Waals surface area (Å²) in [7, 11) is 1.94. The van der Waals surface area contributed by atoms with Crippen molar-refractivity contribution in [1.82, 2.24) is 14.9 Å². The van der Waals surface area contributed by atoms with Gasteiger partial charge in [0, 0.05) is 31.4 Å². The first-order chi connectivity index (χ1) is 10.2. The molecule has 0 saturated carbocycles. The summed E-state index contributed by atoms with van der Waals surface area (Å²) in [5.74, 6) is 2.23. The lowest BCUT2D eigenvalue weighted by molar-refractivity contribution is 0.262. The minimum atomic E-state index is 0.139. The van der Waals surface area contributed by atoms with Crippen LogP contribution in [0.15, 0.2) is 41.7 Å². The van der Waals surface area contributed by atoms with Gasteiger partial charge in [0.2, 0.25) is 0 Å². The number of guanidine groups is 1. The molecule has 21 heavy (non-hydrogen) atoms. The van der Waals surface area contributed by atoms with Crippen LogP contribution in [0.1, 0.15) is 23.9 Å². The molecule has 0 bridgehead atoms. The molecule has 1 aliphatic rings. The number of ether oxygens (including phenoxy) is 1. The van der Waals surface area contributed by atoms with E-state index in [9.17, 15) is 0 Å². The summed E-state index contributed by atoms with van der Waals surface area (Å²) in [5, 5.41) is 3.27. The Hall–Kier alpha value is -2.50. The molecule has 0 amide bonds. The Bertz CT molecular complexity index is 649. The van der Waals surface area contributed by atoms with Crippen molar-refractivity contribution in [2.45, 2.75) is 19.0 Å². The summed E-state index contributed by atoms with van der Waals surface area (Å²) in [5.41, 5.74) is 7.11. The third-order valence-electron chi connectivity index (χ3n) is 3.59. The third-order valence-corrected chi connectivity index (χ3v) is 3.59. The van der Waals surface area contributed by atoms with Crippen molar-refractivity contribution in [3.8, 4) is 5.75 Å². The second-order valence-corrected chi connectivity index (χ2v) is 5.03. The number of aromatic nitrogens is 2. The SMILES string of the molecule is Cn1ccnc1CN=C(N)NC1CCOc2ccccc21. The van der Waals surface area contributed by atoms with Gasteiger partial charge in [-0.05, 0) is 6.07 Å². The van der Waals surface area contributed by atoms with Crippen LogP contribution in [0.5, 0.6) is 5.75 Å². The monoisotopic (exact) mass is 285 g/mol. The molecule has 1 aliphatic heterocycles. The average molecular weight is 285 g/mol. The quantitative estimate of drug-likeness (QED) is 0.659. The number of nitrogens with two attached hydrogens (primary N) is 1. The number of aliphatic imine (C=N–C) groups is 1. The number of nitrogens with one attached hydrogen (secondary N) is 1. The van der Waals surface area contributed by atoms with Gasteiger partial charge >= 0.3 is 0 Å². The van der Waals surface area contributed by atoms with Crippen molar-refractivity contribution in [1.29, 1.82) is 0 Å². The summed E-state index contributed by atoms with van der Waals surface area (Å²) in [6.45, 7) is 1.15. The van der Waals surface area contributed by atoms with E-state index in [1.54, 1.807) is 6.20 Å². The van der Waals surface area contributed by atoms with E-state index in [0.29, 0.717) is 19.1 Å². The highest BCUT2D eigenvalue weighted by atomic mass is 16.5. The van der Waals surface area contributed by atoms with Crippen molar-refractivity contribution in [3.63, 3.8) is 0 Å². The number of fused-ring (bicyclic) bond motifs is 1. The van der Waals surface area contributed by atoms with Crippen LogP contribution < -0.4 is 15.8 Å². The van der Waals surface area contributed by atoms with Crippen LogP contribution in [0.25, 0.3) is 0 Å². The molecule has 0 radical (unpaired) electrons. The number of rotatable bonds is 3. The first-order valence-corrected chi connectivity index (χ1v) is 6.98. The maximum absolute atomic E-state index is 5.99. The molecule has 2 aromatic rings. The fourth-order valence-corrected chi connectivity index (χ4v) is 2.42. The third kappa shape index (κ3) is 2.99. The second kappa shape index (κ2) is 5.87. The van der Waals surface area contributed by atoms with Crippen molar-refractivity contribution in [2.75, 3.05) is 6.61 Å². The van der Waals surface area contributed by atoms with Gasteiger partial charge in [0.05, 0.1) is 12.6 Å². The lowest BCUT2D eigenvalue weighted by atomic mass is 10.0. The average Bonchev–Trinajstić information content (AvgIpc) is 2.91. The summed E-state index contributed by atoms with van der Waals surface area (Å²) in [4.78, 5) is 8.58. The van der Waals surface area contributed by atoms with E-state index in [-0.39, 0.29) is 6.04 Å². The Morgan fingerprint density at radius 1 is 1.52 bits per heavy atom. The van der Waals surface area contributed by atoms with Gasteiger partial charge in [-0.15, -0.1) is 0 Å². The van der Waals surface area contributed by atoms with Gasteiger partial charge < -0.3 is 20.4 Å². The Balaban J connectivity index is 1.68. The van der Waals surface area contributed by atoms with Crippen molar-refractivity contribution >= 4 is 5.96 Å². The first kappa shape index (κ1) is 13.5. The zero-order valence-corrected chi connectivity index (χ0v) is 12.0. The van der Waals surface area contributed by atoms with Crippen LogP contribution in [0.2, 0.25) is 0 Å². The lowest BCUT2D eigenvalue weighted by Gasteiger charge is -2.26.